The number of piperazine rings is 1. The molecule has 88 heavy (non-hydrogen) atoms. The molecular formula is C61H77F8N11O7S. The van der Waals surface area contributed by atoms with Crippen molar-refractivity contribution in [2.75, 3.05) is 85.1 Å². The molecule has 4 aromatic rings. The van der Waals surface area contributed by atoms with E-state index in [1.807, 2.05) is 16.8 Å². The van der Waals surface area contributed by atoms with Gasteiger partial charge in [-0.2, -0.15) is 26.3 Å². The molecule has 6 fully saturated rings. The molecular weight excluding hydrogens is 1180 g/mol. The van der Waals surface area contributed by atoms with Crippen LogP contribution in [-0.2, 0) is 52.8 Å². The second kappa shape index (κ2) is 24.6. The number of likely N-dealkylation sites (N-methyl/N-ethyl adjacent to an activating group) is 2. The number of halogens is 8. The molecule has 0 spiro atoms. The summed E-state index contributed by atoms with van der Waals surface area (Å²) in [7, 11) is 4.72. The van der Waals surface area contributed by atoms with Crippen LogP contribution in [0.25, 0.3) is 33.4 Å². The van der Waals surface area contributed by atoms with E-state index in [2.05, 4.69) is 10.7 Å². The number of likely N-dealkylation sites (tertiary alicyclic amines) is 1. The molecule has 5 aliphatic heterocycles. The molecule has 18 nitrogen and oxygen atoms in total. The van der Waals surface area contributed by atoms with Crippen LogP contribution in [0.5, 0.6) is 0 Å². The number of fused-ring (bicyclic) bond motifs is 6. The van der Waals surface area contributed by atoms with Gasteiger partial charge in [0, 0.05) is 113 Å². The number of nitrogens with zero attached hydrogens (tertiary/aromatic N) is 9. The van der Waals surface area contributed by atoms with Gasteiger partial charge in [0.05, 0.1) is 58.7 Å². The first-order valence-corrected chi connectivity index (χ1v) is 31.4. The van der Waals surface area contributed by atoms with Crippen LogP contribution in [0.4, 0.5) is 40.8 Å². The molecule has 11 rings (SSSR count). The largest absolute Gasteiger partial charge is 0.464 e. The number of piperidine rings is 1. The average molecular weight is 1260 g/mol. The van der Waals surface area contributed by atoms with Crippen molar-refractivity contribution in [2.24, 2.45) is 17.3 Å². The van der Waals surface area contributed by atoms with Crippen molar-refractivity contribution in [2.45, 2.75) is 159 Å². The SMILES string of the molecule is CO[C@@H](C)c1ncc(N2CCN(CC(F)(F)F)CC2)cc1-c1c2c3cc(c(F)cc3n1CC(F)(F)F)-c1csc(n1)C[C@H](NC(=O)[C@H](C1CCCC1)N(C)C(=O)C1(F)CCN(C(=O)[C@H]3[C@@H](C4CC4)N3C)CC1)C(=O)N1CCC[C@H](N1)C(=O)OCC(C)(C)C2. The van der Waals surface area contributed by atoms with Crippen LogP contribution in [0.15, 0.2) is 29.8 Å². The Labute approximate surface area is 509 Å². The molecule has 0 radical (unpaired) electrons. The Morgan fingerprint density at radius 3 is 2.27 bits per heavy atom. The molecule has 7 atom stereocenters. The summed E-state index contributed by atoms with van der Waals surface area (Å²) < 4.78 is 133. The number of anilines is 1. The van der Waals surface area contributed by atoms with Gasteiger partial charge < -0.3 is 34.1 Å². The predicted octanol–water partition coefficient (Wildman–Crippen LogP) is 8.01. The van der Waals surface area contributed by atoms with E-state index in [1.54, 1.807) is 31.7 Å². The number of hydrogen-bond acceptors (Lipinski definition) is 14. The van der Waals surface area contributed by atoms with Gasteiger partial charge in [-0.15, -0.1) is 11.3 Å². The third-order valence-electron chi connectivity index (χ3n) is 19.1. The van der Waals surface area contributed by atoms with Crippen molar-refractivity contribution in [3.8, 4) is 22.5 Å². The highest BCUT2D eigenvalue weighted by atomic mass is 32.1. The minimum Gasteiger partial charge on any atom is -0.464 e. The van der Waals surface area contributed by atoms with Crippen LogP contribution in [0.1, 0.15) is 107 Å². The molecule has 27 heteroatoms. The van der Waals surface area contributed by atoms with Gasteiger partial charge in [-0.1, -0.05) is 26.7 Å². The van der Waals surface area contributed by atoms with Crippen molar-refractivity contribution in [3.63, 3.8) is 0 Å². The zero-order valence-electron chi connectivity index (χ0n) is 50.4. The fourth-order valence-electron chi connectivity index (χ4n) is 14.1. The number of rotatable bonds is 13. The highest BCUT2D eigenvalue weighted by Crippen LogP contribution is 2.48. The van der Waals surface area contributed by atoms with Gasteiger partial charge in [0.15, 0.2) is 5.67 Å². The van der Waals surface area contributed by atoms with Crippen LogP contribution < -0.4 is 15.6 Å². The van der Waals surface area contributed by atoms with E-state index >= 15 is 26.7 Å². The van der Waals surface area contributed by atoms with Crippen molar-refractivity contribution < 1.29 is 68.6 Å². The number of nitrogens with one attached hydrogen (secondary N) is 2. The molecule has 4 amide bonds. The van der Waals surface area contributed by atoms with E-state index in [4.69, 9.17) is 19.4 Å². The maximum atomic E-state index is 17.2. The first-order chi connectivity index (χ1) is 41.6. The maximum Gasteiger partial charge on any atom is 0.406 e. The molecule has 1 unspecified atom stereocenters. The summed E-state index contributed by atoms with van der Waals surface area (Å²) in [5.74, 6) is -3.92. The first kappa shape index (κ1) is 63.5. The van der Waals surface area contributed by atoms with Crippen LogP contribution in [0.3, 0.4) is 0 Å². The normalized spacial score (nSPS) is 25.5. The number of carbonyl (C=O) groups excluding carboxylic acids is 5. The van der Waals surface area contributed by atoms with Crippen molar-refractivity contribution in [1.29, 1.82) is 0 Å². The van der Waals surface area contributed by atoms with Gasteiger partial charge in [0.25, 0.3) is 11.8 Å². The molecule has 7 aliphatic rings. The quantitative estimate of drug-likeness (QED) is 0.0749. The zero-order valence-corrected chi connectivity index (χ0v) is 51.2. The lowest BCUT2D eigenvalue weighted by molar-refractivity contribution is -0.156. The molecule has 1 aromatic carbocycles. The van der Waals surface area contributed by atoms with E-state index in [1.165, 1.54) is 41.7 Å². The highest BCUT2D eigenvalue weighted by molar-refractivity contribution is 7.10. The smallest absolute Gasteiger partial charge is 0.406 e. The highest BCUT2D eigenvalue weighted by Gasteiger charge is 2.59. The van der Waals surface area contributed by atoms with E-state index in [9.17, 15) is 32.3 Å². The van der Waals surface area contributed by atoms with Gasteiger partial charge in [-0.3, -0.25) is 43.8 Å². The number of ether oxygens (including phenoxy) is 2. The van der Waals surface area contributed by atoms with E-state index < -0.39 is 96.2 Å². The van der Waals surface area contributed by atoms with E-state index in [-0.39, 0.29) is 147 Å². The first-order valence-electron chi connectivity index (χ1n) is 30.6. The second-order valence-corrected chi connectivity index (χ2v) is 27.0. The predicted molar refractivity (Wildman–Crippen MR) is 311 cm³/mol. The number of thiazole rings is 1. The number of esters is 1. The second-order valence-electron chi connectivity index (χ2n) is 26.0. The summed E-state index contributed by atoms with van der Waals surface area (Å²) in [6.07, 6.45) is -4.13. The van der Waals surface area contributed by atoms with Crippen LogP contribution in [-0.4, -0.2) is 197 Å². The minimum absolute atomic E-state index is 0.0212. The molecule has 480 valence electrons. The fraction of sp³-hybridized carbons (Fsp3) is 0.656. The molecule has 4 saturated heterocycles. The van der Waals surface area contributed by atoms with Gasteiger partial charge >= 0.3 is 18.3 Å². The number of cyclic esters (lactones) is 1. The molecule has 8 heterocycles. The van der Waals surface area contributed by atoms with Crippen LogP contribution in [0.2, 0.25) is 0 Å². The van der Waals surface area contributed by atoms with Crippen molar-refractivity contribution in [3.05, 3.63) is 51.9 Å². The van der Waals surface area contributed by atoms with Gasteiger partial charge in [0.2, 0.25) is 11.8 Å². The third-order valence-corrected chi connectivity index (χ3v) is 19.9. The number of methoxy groups -OCH3 is 1. The Hall–Kier alpha value is -6.03. The third kappa shape index (κ3) is 13.4. The van der Waals surface area contributed by atoms with Crippen molar-refractivity contribution in [1.82, 2.24) is 49.9 Å². The number of hydrogen-bond donors (Lipinski definition) is 2. The summed E-state index contributed by atoms with van der Waals surface area (Å²) in [5.41, 5.74) is 0.602. The summed E-state index contributed by atoms with van der Waals surface area (Å²) >= 11 is 1.04. The summed E-state index contributed by atoms with van der Waals surface area (Å²) in [4.78, 5) is 89.8. The Balaban J connectivity index is 0.943. The van der Waals surface area contributed by atoms with E-state index in [0.29, 0.717) is 36.4 Å². The van der Waals surface area contributed by atoms with Gasteiger partial charge in [-0.25, -0.2) is 19.2 Å². The molecule has 3 aromatic heterocycles. The van der Waals surface area contributed by atoms with E-state index in [0.717, 1.165) is 52.6 Å². The van der Waals surface area contributed by atoms with Crippen LogP contribution in [0, 0.1) is 23.1 Å². The molecule has 2 aliphatic carbocycles. The zero-order chi connectivity index (χ0) is 62.9. The minimum atomic E-state index is -4.87. The topological polar surface area (TPSA) is 178 Å². The summed E-state index contributed by atoms with van der Waals surface area (Å²) in [5, 5.41) is 6.13. The van der Waals surface area contributed by atoms with Gasteiger partial charge in [-0.05, 0) is 94.5 Å². The number of carbonyl (C=O) groups is 5. The fourth-order valence-corrected chi connectivity index (χ4v) is 15.0. The number of aromatic nitrogens is 3. The number of benzene rings is 1. The van der Waals surface area contributed by atoms with Crippen LogP contribution >= 0.6 is 11.3 Å². The van der Waals surface area contributed by atoms with Crippen molar-refractivity contribution >= 4 is 57.5 Å². The summed E-state index contributed by atoms with van der Waals surface area (Å²) in [6.45, 7) is 2.79. The Bertz CT molecular complexity index is 3300. The number of alkyl halides is 7. The average Bonchev–Trinajstić information content (AvgIpc) is 1.65. The lowest BCUT2D eigenvalue weighted by Gasteiger charge is -2.40. The number of amides is 4. The number of pyridine rings is 1. The lowest BCUT2D eigenvalue weighted by atomic mass is 9.84. The Morgan fingerprint density at radius 1 is 0.920 bits per heavy atom. The lowest BCUT2D eigenvalue weighted by Crippen LogP contribution is -2.63. The molecule has 2 N–H and O–H groups in total. The van der Waals surface area contributed by atoms with Gasteiger partial charge in [0.1, 0.15) is 36.5 Å². The molecule has 6 bridgehead atoms. The molecule has 2 saturated carbocycles. The standard InChI is InChI=1S/C61H77F8N11O7S/c1-34(86-6)48-40(24-37(29-70-48)77-22-20-76(21-23-77)31-60(64,65)66)51-41-28-58(2,3)33-87-56(84)43-12-9-17-80(73-43)54(82)44(27-47-71-45(30-88-47)39-25-38(41)46(26-42(39)62)79(51)32-61(67,68)69)72-53(81)50(35-10-7-8-11-35)75(5)57(85)59(63)15-18-78(19-16-59)55(83)52-49(74(52)4)36-13-14-36/h24-26,29-30,34-36,43-44,49-50,52,73H,7-23,27-28,31-33H2,1-6H3,(H,72,81)/t34-,43-,44-,49+,50-,52+,74?/m0/s1. The Kier molecular flexibility index (Phi) is 17.8. The summed E-state index contributed by atoms with van der Waals surface area (Å²) in [6, 6.07) is 0.327. The number of hydrazine groups is 1. The maximum absolute atomic E-state index is 17.2. The Morgan fingerprint density at radius 2 is 1.61 bits per heavy atom. The monoisotopic (exact) mass is 1260 g/mol.